The first-order valence-corrected chi connectivity index (χ1v) is 7.50. The molecule has 0 aliphatic carbocycles. The number of nitrogens with zero attached hydrogens (tertiary/aromatic N) is 2. The van der Waals surface area contributed by atoms with Crippen LogP contribution in [0.4, 0.5) is 4.39 Å². The Kier molecular flexibility index (Phi) is 5.64. The molecule has 0 aliphatic heterocycles. The van der Waals surface area contributed by atoms with E-state index < -0.39 is 0 Å². The molecule has 0 radical (unpaired) electrons. The molecule has 1 heterocycles. The summed E-state index contributed by atoms with van der Waals surface area (Å²) in [5, 5.41) is 11.3. The van der Waals surface area contributed by atoms with Crippen molar-refractivity contribution in [3.8, 4) is 11.6 Å². The molecule has 1 N–H and O–H groups in total. The van der Waals surface area contributed by atoms with Gasteiger partial charge in [-0.1, -0.05) is 13.8 Å². The molecule has 1 aromatic carbocycles. The summed E-state index contributed by atoms with van der Waals surface area (Å²) in [5.41, 5.74) is 0.838. The smallest absolute Gasteiger partial charge is 0.238 e. The Morgan fingerprint density at radius 3 is 2.67 bits per heavy atom. The Labute approximate surface area is 131 Å². The summed E-state index contributed by atoms with van der Waals surface area (Å²) in [6, 6.07) is 8.10. The van der Waals surface area contributed by atoms with Crippen LogP contribution in [0.3, 0.4) is 0 Å². The fourth-order valence-corrected chi connectivity index (χ4v) is 1.89. The third-order valence-electron chi connectivity index (χ3n) is 2.67. The SMILES string of the molecule is CC(C)CNCc1ccc(Oc2ccc(Br)c(F)c2)nn1. The number of hydrogen-bond acceptors (Lipinski definition) is 4. The standard InChI is InChI=1S/C15H17BrFN3O/c1-10(2)8-18-9-11-3-6-15(20-19-11)21-12-4-5-13(16)14(17)7-12/h3-7,10,18H,8-9H2,1-2H3. The van der Waals surface area contributed by atoms with Crippen LogP contribution in [0.1, 0.15) is 19.5 Å². The predicted octanol–water partition coefficient (Wildman–Crippen LogP) is 3.92. The van der Waals surface area contributed by atoms with Crippen LogP contribution in [0.5, 0.6) is 11.6 Å². The lowest BCUT2D eigenvalue weighted by atomic mass is 10.2. The third kappa shape index (κ3) is 5.06. The second kappa shape index (κ2) is 7.47. The molecule has 0 atom stereocenters. The number of aromatic nitrogens is 2. The van der Waals surface area contributed by atoms with Crippen LogP contribution in [-0.2, 0) is 6.54 Å². The minimum Gasteiger partial charge on any atom is -0.437 e. The van der Waals surface area contributed by atoms with Gasteiger partial charge in [0.15, 0.2) is 0 Å². The molecule has 0 amide bonds. The average molecular weight is 354 g/mol. The average Bonchev–Trinajstić information content (AvgIpc) is 2.44. The Balaban J connectivity index is 1.94. The molecule has 0 spiro atoms. The first-order valence-electron chi connectivity index (χ1n) is 6.71. The van der Waals surface area contributed by atoms with E-state index in [9.17, 15) is 4.39 Å². The molecular weight excluding hydrogens is 337 g/mol. The van der Waals surface area contributed by atoms with Gasteiger partial charge in [0.25, 0.3) is 0 Å². The van der Waals surface area contributed by atoms with Crippen molar-refractivity contribution in [2.75, 3.05) is 6.54 Å². The van der Waals surface area contributed by atoms with Gasteiger partial charge in [0, 0.05) is 18.7 Å². The minimum atomic E-state index is -0.380. The molecule has 2 aromatic rings. The van der Waals surface area contributed by atoms with E-state index in [4.69, 9.17) is 4.74 Å². The van der Waals surface area contributed by atoms with Crippen LogP contribution in [-0.4, -0.2) is 16.7 Å². The highest BCUT2D eigenvalue weighted by Crippen LogP contribution is 2.24. The Morgan fingerprint density at radius 1 is 1.24 bits per heavy atom. The van der Waals surface area contributed by atoms with Gasteiger partial charge in [0.1, 0.15) is 11.6 Å². The van der Waals surface area contributed by atoms with Crippen LogP contribution in [0, 0.1) is 11.7 Å². The van der Waals surface area contributed by atoms with Crippen LogP contribution >= 0.6 is 15.9 Å². The molecule has 0 bridgehead atoms. The summed E-state index contributed by atoms with van der Waals surface area (Å²) in [7, 11) is 0. The highest BCUT2D eigenvalue weighted by molar-refractivity contribution is 9.10. The van der Waals surface area contributed by atoms with Gasteiger partial charge in [-0.15, -0.1) is 5.10 Å². The maximum Gasteiger partial charge on any atom is 0.238 e. The van der Waals surface area contributed by atoms with E-state index in [1.807, 2.05) is 6.07 Å². The van der Waals surface area contributed by atoms with Crippen LogP contribution in [0.25, 0.3) is 0 Å². The Morgan fingerprint density at radius 2 is 2.05 bits per heavy atom. The molecular formula is C15H17BrFN3O. The van der Waals surface area contributed by atoms with Crippen molar-refractivity contribution in [3.63, 3.8) is 0 Å². The summed E-state index contributed by atoms with van der Waals surface area (Å²) in [4.78, 5) is 0. The molecule has 6 heteroatoms. The van der Waals surface area contributed by atoms with E-state index in [0.717, 1.165) is 12.2 Å². The fourth-order valence-electron chi connectivity index (χ4n) is 1.65. The van der Waals surface area contributed by atoms with Crippen molar-refractivity contribution in [1.29, 1.82) is 0 Å². The van der Waals surface area contributed by atoms with Gasteiger partial charge in [-0.25, -0.2) is 4.39 Å². The molecule has 0 saturated carbocycles. The number of nitrogens with one attached hydrogen (secondary N) is 1. The quantitative estimate of drug-likeness (QED) is 0.854. The molecule has 21 heavy (non-hydrogen) atoms. The van der Waals surface area contributed by atoms with Crippen LogP contribution in [0.15, 0.2) is 34.8 Å². The minimum absolute atomic E-state index is 0.337. The lowest BCUT2D eigenvalue weighted by Crippen LogP contribution is -2.19. The van der Waals surface area contributed by atoms with Gasteiger partial charge in [0.05, 0.1) is 10.2 Å². The van der Waals surface area contributed by atoms with E-state index in [1.165, 1.54) is 6.07 Å². The first-order chi connectivity index (χ1) is 10.0. The van der Waals surface area contributed by atoms with E-state index in [2.05, 4.69) is 45.3 Å². The van der Waals surface area contributed by atoms with Crippen molar-refractivity contribution >= 4 is 15.9 Å². The molecule has 2 rings (SSSR count). The van der Waals surface area contributed by atoms with E-state index >= 15 is 0 Å². The number of hydrogen-bond donors (Lipinski definition) is 1. The lowest BCUT2D eigenvalue weighted by molar-refractivity contribution is 0.448. The van der Waals surface area contributed by atoms with Gasteiger partial charge >= 0.3 is 0 Å². The molecule has 4 nitrogen and oxygen atoms in total. The van der Waals surface area contributed by atoms with Crippen LogP contribution in [0.2, 0.25) is 0 Å². The maximum absolute atomic E-state index is 13.4. The largest absolute Gasteiger partial charge is 0.437 e. The fraction of sp³-hybridized carbons (Fsp3) is 0.333. The Bertz CT molecular complexity index is 590. The van der Waals surface area contributed by atoms with Crippen molar-refractivity contribution in [1.82, 2.24) is 15.5 Å². The second-order valence-corrected chi connectivity index (χ2v) is 5.92. The van der Waals surface area contributed by atoms with Gasteiger partial charge in [-0.05, 0) is 46.6 Å². The van der Waals surface area contributed by atoms with E-state index in [0.29, 0.717) is 28.6 Å². The summed E-state index contributed by atoms with van der Waals surface area (Å²) in [5.74, 6) is 0.933. The zero-order valence-corrected chi connectivity index (χ0v) is 13.5. The lowest BCUT2D eigenvalue weighted by Gasteiger charge is -2.07. The second-order valence-electron chi connectivity index (χ2n) is 5.07. The topological polar surface area (TPSA) is 47.0 Å². The first kappa shape index (κ1) is 15.9. The number of halogens is 2. The van der Waals surface area contributed by atoms with Crippen molar-refractivity contribution in [2.45, 2.75) is 20.4 Å². The Hall–Kier alpha value is -1.53. The number of rotatable bonds is 6. The number of benzene rings is 1. The monoisotopic (exact) mass is 353 g/mol. The highest BCUT2D eigenvalue weighted by Gasteiger charge is 2.04. The molecule has 0 fully saturated rings. The molecule has 0 aliphatic rings. The van der Waals surface area contributed by atoms with Crippen molar-refractivity contribution in [3.05, 3.63) is 46.3 Å². The highest BCUT2D eigenvalue weighted by atomic mass is 79.9. The van der Waals surface area contributed by atoms with Crippen molar-refractivity contribution < 1.29 is 9.13 Å². The molecule has 0 unspecified atom stereocenters. The van der Waals surface area contributed by atoms with Crippen molar-refractivity contribution in [2.24, 2.45) is 5.92 Å². The molecule has 112 valence electrons. The van der Waals surface area contributed by atoms with Gasteiger partial charge in [0.2, 0.25) is 5.88 Å². The van der Waals surface area contributed by atoms with E-state index in [-0.39, 0.29) is 5.82 Å². The van der Waals surface area contributed by atoms with Gasteiger partial charge in [-0.3, -0.25) is 0 Å². The maximum atomic E-state index is 13.4. The summed E-state index contributed by atoms with van der Waals surface area (Å²) in [6.45, 7) is 5.89. The van der Waals surface area contributed by atoms with Crippen LogP contribution < -0.4 is 10.1 Å². The molecule has 0 saturated heterocycles. The summed E-state index contributed by atoms with van der Waals surface area (Å²) in [6.07, 6.45) is 0. The summed E-state index contributed by atoms with van der Waals surface area (Å²) < 4.78 is 19.2. The zero-order chi connectivity index (χ0) is 15.2. The zero-order valence-electron chi connectivity index (χ0n) is 11.9. The number of ether oxygens (including phenoxy) is 1. The van der Waals surface area contributed by atoms with Gasteiger partial charge in [-0.2, -0.15) is 5.10 Å². The third-order valence-corrected chi connectivity index (χ3v) is 3.31. The van der Waals surface area contributed by atoms with E-state index in [1.54, 1.807) is 18.2 Å². The predicted molar refractivity (Wildman–Crippen MR) is 82.8 cm³/mol. The summed E-state index contributed by atoms with van der Waals surface area (Å²) >= 11 is 3.09. The van der Waals surface area contributed by atoms with Gasteiger partial charge < -0.3 is 10.1 Å². The molecule has 1 aromatic heterocycles. The normalized spacial score (nSPS) is 10.9.